The summed E-state index contributed by atoms with van der Waals surface area (Å²) in [5.41, 5.74) is 2.61. The Balaban J connectivity index is 1.98. The van der Waals surface area contributed by atoms with E-state index in [0.717, 1.165) is 16.9 Å². The molecule has 5 heteroatoms. The third-order valence-corrected chi connectivity index (χ3v) is 2.95. The van der Waals surface area contributed by atoms with Crippen LogP contribution in [-0.2, 0) is 4.79 Å². The smallest absolute Gasteiger partial charge is 0.307 e. The number of hydrogen-bond acceptors (Lipinski definition) is 3. The maximum atomic E-state index is 10.8. The van der Waals surface area contributed by atoms with E-state index in [0.29, 0.717) is 12.1 Å². The van der Waals surface area contributed by atoms with Crippen molar-refractivity contribution in [3.05, 3.63) is 23.7 Å². The second-order valence-corrected chi connectivity index (χ2v) is 4.29. The quantitative estimate of drug-likeness (QED) is 0.798. The highest BCUT2D eigenvalue weighted by Gasteiger charge is 2.46. The number of fused-ring (bicyclic) bond motifs is 1. The number of aryl methyl sites for hydroxylation is 1. The van der Waals surface area contributed by atoms with Crippen molar-refractivity contribution in [2.75, 3.05) is 0 Å². The number of carbonyl (C=O) groups is 1. The Morgan fingerprint density at radius 3 is 3.12 bits per heavy atom. The molecule has 2 N–H and O–H groups in total. The van der Waals surface area contributed by atoms with Crippen LogP contribution in [-0.4, -0.2) is 26.0 Å². The van der Waals surface area contributed by atoms with Crippen molar-refractivity contribution in [2.24, 2.45) is 5.92 Å². The summed E-state index contributed by atoms with van der Waals surface area (Å²) in [5, 5.41) is 8.85. The lowest BCUT2D eigenvalue weighted by molar-refractivity contribution is -0.138. The van der Waals surface area contributed by atoms with Gasteiger partial charge < -0.3 is 10.1 Å². The number of aromatic amines is 1. The minimum Gasteiger partial charge on any atom is -0.481 e. The van der Waals surface area contributed by atoms with Gasteiger partial charge >= 0.3 is 5.97 Å². The van der Waals surface area contributed by atoms with Crippen LogP contribution in [0.4, 0.5) is 0 Å². The first-order valence-corrected chi connectivity index (χ1v) is 5.20. The molecule has 0 radical (unpaired) electrons. The third-order valence-electron chi connectivity index (χ3n) is 2.95. The van der Waals surface area contributed by atoms with Crippen molar-refractivity contribution < 1.29 is 9.90 Å². The number of pyridine rings is 1. The topological polar surface area (TPSA) is 78.9 Å². The van der Waals surface area contributed by atoms with Crippen LogP contribution < -0.4 is 0 Å². The molecule has 0 aromatic carbocycles. The van der Waals surface area contributed by atoms with Crippen molar-refractivity contribution in [2.45, 2.75) is 19.3 Å². The van der Waals surface area contributed by atoms with Crippen LogP contribution in [0.2, 0.25) is 0 Å². The summed E-state index contributed by atoms with van der Waals surface area (Å²) in [6, 6.07) is 1.97. The number of carboxylic acids is 1. The fourth-order valence-corrected chi connectivity index (χ4v) is 1.97. The van der Waals surface area contributed by atoms with Gasteiger partial charge in [-0.2, -0.15) is 0 Å². The number of aromatic nitrogens is 3. The summed E-state index contributed by atoms with van der Waals surface area (Å²) in [6.07, 6.45) is 2.43. The van der Waals surface area contributed by atoms with Gasteiger partial charge in [-0.3, -0.25) is 4.79 Å². The van der Waals surface area contributed by atoms with Crippen LogP contribution in [0.3, 0.4) is 0 Å². The molecule has 2 atom stereocenters. The highest BCUT2D eigenvalue weighted by Crippen LogP contribution is 2.46. The van der Waals surface area contributed by atoms with Gasteiger partial charge in [0.15, 0.2) is 5.65 Å². The highest BCUT2D eigenvalue weighted by atomic mass is 16.4. The summed E-state index contributed by atoms with van der Waals surface area (Å²) < 4.78 is 0. The summed E-state index contributed by atoms with van der Waals surface area (Å²) in [4.78, 5) is 22.4. The maximum absolute atomic E-state index is 10.8. The molecule has 2 aromatic rings. The van der Waals surface area contributed by atoms with Crippen LogP contribution >= 0.6 is 0 Å². The third kappa shape index (κ3) is 1.36. The summed E-state index contributed by atoms with van der Waals surface area (Å²) in [6.45, 7) is 1.96. The lowest BCUT2D eigenvalue weighted by Crippen LogP contribution is -1.99. The van der Waals surface area contributed by atoms with Crippen LogP contribution in [0.15, 0.2) is 12.3 Å². The predicted molar refractivity (Wildman–Crippen MR) is 57.1 cm³/mol. The van der Waals surface area contributed by atoms with E-state index in [1.54, 1.807) is 6.20 Å². The van der Waals surface area contributed by atoms with Crippen molar-refractivity contribution in [3.63, 3.8) is 0 Å². The maximum Gasteiger partial charge on any atom is 0.307 e. The molecule has 0 bridgehead atoms. The molecule has 1 fully saturated rings. The highest BCUT2D eigenvalue weighted by molar-refractivity contribution is 5.76. The number of hydrogen-bond donors (Lipinski definition) is 2. The summed E-state index contributed by atoms with van der Waals surface area (Å²) >= 11 is 0. The van der Waals surface area contributed by atoms with E-state index in [2.05, 4.69) is 15.0 Å². The Morgan fingerprint density at radius 1 is 1.62 bits per heavy atom. The average Bonchev–Trinajstić information content (AvgIpc) is 2.93. The lowest BCUT2D eigenvalue weighted by atomic mass is 10.3. The van der Waals surface area contributed by atoms with Crippen molar-refractivity contribution >= 4 is 17.1 Å². The first-order valence-electron chi connectivity index (χ1n) is 5.20. The second-order valence-electron chi connectivity index (χ2n) is 4.29. The van der Waals surface area contributed by atoms with Crippen molar-refractivity contribution in [1.82, 2.24) is 15.0 Å². The monoisotopic (exact) mass is 217 g/mol. The van der Waals surface area contributed by atoms with Crippen LogP contribution in [0, 0.1) is 12.8 Å². The van der Waals surface area contributed by atoms with Crippen LogP contribution in [0.5, 0.6) is 0 Å². The zero-order valence-corrected chi connectivity index (χ0v) is 8.77. The Kier molecular flexibility index (Phi) is 1.77. The zero-order chi connectivity index (χ0) is 11.3. The molecule has 1 aliphatic rings. The van der Waals surface area contributed by atoms with Gasteiger partial charge in [0.1, 0.15) is 5.82 Å². The minimum absolute atomic E-state index is 0.0343. The zero-order valence-electron chi connectivity index (χ0n) is 8.77. The average molecular weight is 217 g/mol. The number of carboxylic acid groups (broad SMARTS) is 1. The molecule has 0 spiro atoms. The number of aliphatic carboxylic acids is 1. The first-order chi connectivity index (χ1) is 7.65. The van der Waals surface area contributed by atoms with E-state index < -0.39 is 5.97 Å². The molecule has 0 saturated heterocycles. The molecule has 2 heterocycles. The molecule has 16 heavy (non-hydrogen) atoms. The van der Waals surface area contributed by atoms with Crippen molar-refractivity contribution in [3.8, 4) is 0 Å². The van der Waals surface area contributed by atoms with E-state index >= 15 is 0 Å². The van der Waals surface area contributed by atoms with Gasteiger partial charge in [0.25, 0.3) is 0 Å². The molecule has 0 amide bonds. The molecule has 2 unspecified atom stereocenters. The van der Waals surface area contributed by atoms with Gasteiger partial charge in [-0.05, 0) is 25.0 Å². The fraction of sp³-hybridized carbons (Fsp3) is 0.364. The Hall–Kier alpha value is -1.91. The number of H-pyrrole nitrogens is 1. The van der Waals surface area contributed by atoms with Crippen LogP contribution in [0.25, 0.3) is 11.2 Å². The number of rotatable bonds is 2. The molecule has 5 nitrogen and oxygen atoms in total. The molecule has 2 aromatic heterocycles. The summed E-state index contributed by atoms with van der Waals surface area (Å²) in [7, 11) is 0. The molecular formula is C11H11N3O2. The SMILES string of the molecule is Cc1cnc2nc(C3CC3C(=O)O)[nH]c2c1. The van der Waals surface area contributed by atoms with E-state index in [1.807, 2.05) is 13.0 Å². The molecule has 0 aliphatic heterocycles. The molecule has 3 rings (SSSR count). The van der Waals surface area contributed by atoms with Crippen LogP contribution in [0.1, 0.15) is 23.7 Å². The molecule has 82 valence electrons. The minimum atomic E-state index is -0.741. The van der Waals surface area contributed by atoms with Gasteiger partial charge in [0.05, 0.1) is 11.4 Å². The van der Waals surface area contributed by atoms with E-state index in [1.165, 1.54) is 0 Å². The molecular weight excluding hydrogens is 206 g/mol. The van der Waals surface area contributed by atoms with Gasteiger partial charge in [0.2, 0.25) is 0 Å². The fourth-order valence-electron chi connectivity index (χ4n) is 1.97. The normalized spacial score (nSPS) is 23.6. The number of imidazole rings is 1. The largest absolute Gasteiger partial charge is 0.481 e. The Labute approximate surface area is 91.5 Å². The van der Waals surface area contributed by atoms with E-state index in [4.69, 9.17) is 5.11 Å². The summed E-state index contributed by atoms with van der Waals surface area (Å²) in [5.74, 6) is -0.233. The molecule has 1 saturated carbocycles. The predicted octanol–water partition coefficient (Wildman–Crippen LogP) is 1.45. The first kappa shape index (κ1) is 9.33. The van der Waals surface area contributed by atoms with E-state index in [9.17, 15) is 4.79 Å². The van der Waals surface area contributed by atoms with Crippen molar-refractivity contribution in [1.29, 1.82) is 0 Å². The van der Waals surface area contributed by atoms with Gasteiger partial charge in [-0.1, -0.05) is 0 Å². The molecule has 1 aliphatic carbocycles. The van der Waals surface area contributed by atoms with Gasteiger partial charge in [-0.15, -0.1) is 0 Å². The number of nitrogens with zero attached hydrogens (tertiary/aromatic N) is 2. The van der Waals surface area contributed by atoms with E-state index in [-0.39, 0.29) is 11.8 Å². The standard InChI is InChI=1S/C11H11N3O2/c1-5-2-8-10(12-4-5)14-9(13-8)6-3-7(6)11(15)16/h2,4,6-7H,3H2,1H3,(H,15,16)(H,12,13,14). The van der Waals surface area contributed by atoms with Gasteiger partial charge in [-0.25, -0.2) is 9.97 Å². The second kappa shape index (κ2) is 3.04. The Bertz CT molecular complexity index is 576. The lowest BCUT2D eigenvalue weighted by Gasteiger charge is -1.89. The van der Waals surface area contributed by atoms with Gasteiger partial charge in [0, 0.05) is 12.1 Å². The number of nitrogens with one attached hydrogen (secondary N) is 1. The Morgan fingerprint density at radius 2 is 2.44 bits per heavy atom.